The molecule has 1 aromatic heterocycles. The highest BCUT2D eigenvalue weighted by atomic mass is 19.3. The van der Waals surface area contributed by atoms with Gasteiger partial charge in [0.15, 0.2) is 0 Å². The highest BCUT2D eigenvalue weighted by molar-refractivity contribution is 5.94. The molecule has 0 aliphatic carbocycles. The van der Waals surface area contributed by atoms with Crippen LogP contribution in [0, 0.1) is 12.7 Å². The van der Waals surface area contributed by atoms with Crippen molar-refractivity contribution in [3.8, 4) is 5.75 Å². The number of aromatic nitrogens is 2. The van der Waals surface area contributed by atoms with Crippen molar-refractivity contribution < 1.29 is 32.5 Å². The van der Waals surface area contributed by atoms with Gasteiger partial charge < -0.3 is 24.8 Å². The van der Waals surface area contributed by atoms with Gasteiger partial charge in [0.05, 0.1) is 29.3 Å². The van der Waals surface area contributed by atoms with Crippen molar-refractivity contribution in [3.05, 3.63) is 58.2 Å². The molecule has 3 heterocycles. The van der Waals surface area contributed by atoms with Crippen molar-refractivity contribution in [3.63, 3.8) is 0 Å². The maximum Gasteiger partial charge on any atom is 0.266 e. The monoisotopic (exact) mass is 544 g/mol. The number of amides is 1. The first-order chi connectivity index (χ1) is 18.6. The largest absolute Gasteiger partial charge is 0.492 e. The minimum atomic E-state index is -2.93. The number of carbonyl (C=O) groups is 1. The van der Waals surface area contributed by atoms with Crippen molar-refractivity contribution in [2.75, 3.05) is 38.7 Å². The van der Waals surface area contributed by atoms with Crippen LogP contribution in [0.1, 0.15) is 60.3 Å². The van der Waals surface area contributed by atoms with Crippen LogP contribution in [0.4, 0.5) is 19.0 Å². The molecule has 2 aliphatic heterocycles. The molecule has 2 N–H and O–H groups in total. The van der Waals surface area contributed by atoms with E-state index < -0.39 is 29.4 Å². The Morgan fingerprint density at radius 3 is 2.67 bits per heavy atom. The fourth-order valence-corrected chi connectivity index (χ4v) is 5.50. The zero-order chi connectivity index (χ0) is 27.9. The van der Waals surface area contributed by atoms with Gasteiger partial charge >= 0.3 is 0 Å². The van der Waals surface area contributed by atoms with E-state index >= 15 is 0 Å². The molecule has 0 unspecified atom stereocenters. The molecule has 11 heteroatoms. The van der Waals surface area contributed by atoms with Gasteiger partial charge in [-0.05, 0) is 32.8 Å². The van der Waals surface area contributed by atoms with Gasteiger partial charge in [-0.2, -0.15) is 0 Å². The first-order valence-electron chi connectivity index (χ1n) is 12.9. The van der Waals surface area contributed by atoms with Gasteiger partial charge in [-0.15, -0.1) is 0 Å². The molecule has 0 bridgehead atoms. The van der Waals surface area contributed by atoms with Crippen LogP contribution >= 0.6 is 0 Å². The number of nitrogens with zero attached hydrogens (tertiary/aromatic N) is 3. The number of nitrogens with one attached hydrogen (secondary N) is 1. The molecule has 39 heavy (non-hydrogen) atoms. The lowest BCUT2D eigenvalue weighted by atomic mass is 9.82. The van der Waals surface area contributed by atoms with E-state index in [9.17, 15) is 23.1 Å². The van der Waals surface area contributed by atoms with Crippen LogP contribution in [0.15, 0.2) is 24.3 Å². The van der Waals surface area contributed by atoms with Crippen molar-refractivity contribution >= 4 is 22.6 Å². The van der Waals surface area contributed by atoms with Crippen molar-refractivity contribution in [2.24, 2.45) is 0 Å². The molecular weight excluding hydrogens is 513 g/mol. The zero-order valence-electron chi connectivity index (χ0n) is 22.1. The highest BCUT2D eigenvalue weighted by Crippen LogP contribution is 2.46. The summed E-state index contributed by atoms with van der Waals surface area (Å²) >= 11 is 0. The second kappa shape index (κ2) is 10.6. The topological polar surface area (TPSA) is 96.8 Å². The summed E-state index contributed by atoms with van der Waals surface area (Å²) in [4.78, 5) is 23.2. The van der Waals surface area contributed by atoms with Crippen LogP contribution in [0.5, 0.6) is 5.75 Å². The van der Waals surface area contributed by atoms with Crippen LogP contribution in [0.3, 0.4) is 0 Å². The van der Waals surface area contributed by atoms with Crippen LogP contribution in [0.25, 0.3) is 10.9 Å². The summed E-state index contributed by atoms with van der Waals surface area (Å²) < 4.78 is 52.5. The number of hydrogen-bond donors (Lipinski definition) is 2. The second-order valence-corrected chi connectivity index (χ2v) is 10.1. The smallest absolute Gasteiger partial charge is 0.266 e. The van der Waals surface area contributed by atoms with E-state index in [0.717, 1.165) is 11.6 Å². The number of alkyl halides is 2. The van der Waals surface area contributed by atoms with E-state index in [1.807, 2.05) is 0 Å². The Bertz CT molecular complexity index is 1410. The summed E-state index contributed by atoms with van der Waals surface area (Å²) in [5.74, 6) is 0.381. The third-order valence-electron chi connectivity index (χ3n) is 7.57. The standard InChI is InChI=1S/C28H31F3N4O4/c1-15(17-5-4-6-18(23(17)29)26(30)31)32-27-20-13-21(25-19(7-12-39-25)24(20)33-16(2)34-27)28(37)8-10-35(11-9-28)22(36)14-38-3/h4-6,13,15,26,37H,7-12,14H2,1-3H3,(H,32,33,34)/t15-/m1/s1. The van der Waals surface area contributed by atoms with Crippen molar-refractivity contribution in [1.29, 1.82) is 0 Å². The third kappa shape index (κ3) is 5.00. The summed E-state index contributed by atoms with van der Waals surface area (Å²) in [6.07, 6.45) is -1.73. The molecule has 3 aromatic rings. The van der Waals surface area contributed by atoms with Crippen LogP contribution in [-0.2, 0) is 21.6 Å². The van der Waals surface area contributed by atoms with Crippen LogP contribution in [0.2, 0.25) is 0 Å². The number of anilines is 1. The molecule has 1 saturated heterocycles. The summed E-state index contributed by atoms with van der Waals surface area (Å²) in [6.45, 7) is 4.55. The number of hydrogen-bond acceptors (Lipinski definition) is 7. The summed E-state index contributed by atoms with van der Waals surface area (Å²) in [5, 5.41) is 15.6. The summed E-state index contributed by atoms with van der Waals surface area (Å²) in [6, 6.07) is 5.06. The number of benzene rings is 2. The quantitative estimate of drug-likeness (QED) is 0.450. The van der Waals surface area contributed by atoms with Crippen LogP contribution in [-0.4, -0.2) is 59.3 Å². The Balaban J connectivity index is 1.54. The maximum absolute atomic E-state index is 14.9. The molecule has 5 rings (SSSR count). The van der Waals surface area contributed by atoms with Gasteiger partial charge in [0.1, 0.15) is 29.8 Å². The molecule has 0 radical (unpaired) electrons. The number of carbonyl (C=O) groups excluding carboxylic acids is 1. The number of methoxy groups -OCH3 is 1. The lowest BCUT2D eigenvalue weighted by Crippen LogP contribution is -2.46. The van der Waals surface area contributed by atoms with Gasteiger partial charge in [0.2, 0.25) is 5.91 Å². The Kier molecular flexibility index (Phi) is 7.39. The molecule has 2 aromatic carbocycles. The highest BCUT2D eigenvalue weighted by Gasteiger charge is 2.40. The number of likely N-dealkylation sites (tertiary alicyclic amines) is 1. The third-order valence-corrected chi connectivity index (χ3v) is 7.57. The molecule has 0 saturated carbocycles. The van der Waals surface area contributed by atoms with E-state index in [1.54, 1.807) is 24.8 Å². The lowest BCUT2D eigenvalue weighted by Gasteiger charge is -2.39. The fraction of sp³-hybridized carbons (Fsp3) is 0.464. The van der Waals surface area contributed by atoms with E-state index in [-0.39, 0.29) is 18.1 Å². The minimum Gasteiger partial charge on any atom is -0.492 e. The van der Waals surface area contributed by atoms with Crippen molar-refractivity contribution in [1.82, 2.24) is 14.9 Å². The number of ether oxygens (including phenoxy) is 2. The van der Waals surface area contributed by atoms with Gasteiger partial charge in [-0.3, -0.25) is 4.79 Å². The second-order valence-electron chi connectivity index (χ2n) is 10.1. The lowest BCUT2D eigenvalue weighted by molar-refractivity contribution is -0.139. The molecule has 1 amide bonds. The molecule has 2 aliphatic rings. The molecule has 8 nitrogen and oxygen atoms in total. The predicted octanol–water partition coefficient (Wildman–Crippen LogP) is 4.58. The normalized spacial score (nSPS) is 17.3. The zero-order valence-corrected chi connectivity index (χ0v) is 22.1. The van der Waals surface area contributed by atoms with Gasteiger partial charge in [-0.1, -0.05) is 18.2 Å². The molecule has 1 atom stereocenters. The fourth-order valence-electron chi connectivity index (χ4n) is 5.50. The number of aryl methyl sites for hydroxylation is 1. The Morgan fingerprint density at radius 1 is 1.26 bits per heavy atom. The average molecular weight is 545 g/mol. The number of halogens is 3. The SMILES string of the molecule is COCC(=O)N1CCC(O)(c2cc3c(N[C@H](C)c4cccc(C(F)F)c4F)nc(C)nc3c3c2OCC3)CC1. The number of aliphatic hydroxyl groups is 1. The Hall–Kier alpha value is -3.44. The van der Waals surface area contributed by atoms with Gasteiger partial charge in [0.25, 0.3) is 6.43 Å². The van der Waals surface area contributed by atoms with E-state index in [1.165, 1.54) is 19.2 Å². The van der Waals surface area contributed by atoms with E-state index in [0.29, 0.717) is 72.8 Å². The summed E-state index contributed by atoms with van der Waals surface area (Å²) in [7, 11) is 1.47. The Labute approximate surface area is 224 Å². The van der Waals surface area contributed by atoms with Gasteiger partial charge in [-0.25, -0.2) is 23.1 Å². The Morgan fingerprint density at radius 2 is 1.97 bits per heavy atom. The molecule has 208 valence electrons. The number of piperidine rings is 1. The first kappa shape index (κ1) is 27.1. The minimum absolute atomic E-state index is 0.0162. The van der Waals surface area contributed by atoms with Crippen molar-refractivity contribution in [2.45, 2.75) is 51.2 Å². The molecular formula is C28H31F3N4O4. The molecule has 0 spiro atoms. The van der Waals surface area contributed by atoms with E-state index in [2.05, 4.69) is 15.3 Å². The number of rotatable bonds is 7. The predicted molar refractivity (Wildman–Crippen MR) is 138 cm³/mol. The van der Waals surface area contributed by atoms with E-state index in [4.69, 9.17) is 9.47 Å². The summed E-state index contributed by atoms with van der Waals surface area (Å²) in [5.41, 5.74) is 0.286. The first-order valence-corrected chi connectivity index (χ1v) is 12.9. The average Bonchev–Trinajstić information content (AvgIpc) is 3.39. The van der Waals surface area contributed by atoms with Gasteiger partial charge in [0, 0.05) is 48.7 Å². The van der Waals surface area contributed by atoms with Crippen LogP contribution < -0.4 is 10.1 Å². The number of fused-ring (bicyclic) bond motifs is 3. The molecule has 1 fully saturated rings. The maximum atomic E-state index is 14.9.